The lowest BCUT2D eigenvalue weighted by molar-refractivity contribution is 0.0725. The van der Waals surface area contributed by atoms with Crippen LogP contribution >= 0.6 is 0 Å². The Balaban J connectivity index is 1.40. The van der Waals surface area contributed by atoms with Crippen LogP contribution in [0.1, 0.15) is 37.6 Å². The fraction of sp³-hybridized carbons (Fsp3) is 0.478. The molecule has 3 aromatic rings. The number of carbonyl (C=O) groups is 1. The molecule has 8 heteroatoms. The van der Waals surface area contributed by atoms with Crippen molar-refractivity contribution in [2.24, 2.45) is 12.5 Å². The minimum Gasteiger partial charge on any atom is -0.350 e. The number of likely N-dealkylation sites (tertiary alicyclic amines) is 1. The van der Waals surface area contributed by atoms with E-state index in [0.717, 1.165) is 24.3 Å². The molecule has 5 rings (SSSR count). The number of fused-ring (bicyclic) bond motifs is 3. The summed E-state index contributed by atoms with van der Waals surface area (Å²) in [6.45, 7) is 8.46. The zero-order valence-electron chi connectivity index (χ0n) is 18.4. The van der Waals surface area contributed by atoms with Gasteiger partial charge >= 0.3 is 5.69 Å². The Labute approximate surface area is 181 Å². The minimum absolute atomic E-state index is 0.00481. The molecular formula is C23H28N6O2. The number of rotatable bonds is 3. The molecule has 3 aromatic heterocycles. The topological polar surface area (TPSA) is 76.3 Å². The van der Waals surface area contributed by atoms with Crippen LogP contribution < -0.4 is 10.6 Å². The Hall–Kier alpha value is -3.16. The van der Waals surface area contributed by atoms with Crippen molar-refractivity contribution in [3.8, 4) is 0 Å². The summed E-state index contributed by atoms with van der Waals surface area (Å²) in [7, 11) is 1.78. The number of aromatic nitrogens is 4. The van der Waals surface area contributed by atoms with Crippen LogP contribution in [-0.4, -0.2) is 55.1 Å². The molecule has 1 amide bonds. The van der Waals surface area contributed by atoms with Gasteiger partial charge < -0.3 is 9.80 Å². The summed E-state index contributed by atoms with van der Waals surface area (Å²) in [5.41, 5.74) is 2.17. The van der Waals surface area contributed by atoms with Crippen LogP contribution in [0.5, 0.6) is 0 Å². The number of carbonyl (C=O) groups excluding carboxylic acids is 1. The van der Waals surface area contributed by atoms with E-state index in [4.69, 9.17) is 4.98 Å². The van der Waals surface area contributed by atoms with Crippen LogP contribution in [0.3, 0.4) is 0 Å². The van der Waals surface area contributed by atoms with Crippen molar-refractivity contribution in [3.05, 3.63) is 52.7 Å². The van der Waals surface area contributed by atoms with E-state index in [1.807, 2.05) is 27.7 Å². The van der Waals surface area contributed by atoms with Gasteiger partial charge in [-0.05, 0) is 36.1 Å². The largest absolute Gasteiger partial charge is 0.350 e. The zero-order chi connectivity index (χ0) is 21.9. The van der Waals surface area contributed by atoms with Crippen molar-refractivity contribution in [3.63, 3.8) is 0 Å². The van der Waals surface area contributed by atoms with Crippen LogP contribution in [-0.2, 0) is 13.6 Å². The third-order valence-electron chi connectivity index (χ3n) is 6.30. The molecular weight excluding hydrogens is 392 g/mol. The summed E-state index contributed by atoms with van der Waals surface area (Å²) >= 11 is 0. The molecule has 31 heavy (non-hydrogen) atoms. The summed E-state index contributed by atoms with van der Waals surface area (Å²) < 4.78 is 3.45. The number of aryl methyl sites for hydroxylation is 1. The first-order valence-electron chi connectivity index (χ1n) is 10.8. The second kappa shape index (κ2) is 6.93. The molecule has 2 aliphatic rings. The van der Waals surface area contributed by atoms with Gasteiger partial charge in [-0.2, -0.15) is 0 Å². The average Bonchev–Trinajstić information content (AvgIpc) is 3.42. The summed E-state index contributed by atoms with van der Waals surface area (Å²) in [4.78, 5) is 38.9. The maximum absolute atomic E-state index is 12.9. The van der Waals surface area contributed by atoms with Gasteiger partial charge in [-0.25, -0.2) is 9.78 Å². The highest BCUT2D eigenvalue weighted by Crippen LogP contribution is 2.35. The maximum Gasteiger partial charge on any atom is 0.330 e. The van der Waals surface area contributed by atoms with E-state index >= 15 is 0 Å². The van der Waals surface area contributed by atoms with E-state index in [2.05, 4.69) is 30.7 Å². The molecule has 0 aliphatic carbocycles. The molecule has 2 fully saturated rings. The van der Waals surface area contributed by atoms with Gasteiger partial charge in [-0.1, -0.05) is 20.8 Å². The van der Waals surface area contributed by atoms with Gasteiger partial charge in [-0.15, -0.1) is 0 Å². The highest BCUT2D eigenvalue weighted by atomic mass is 16.2. The van der Waals surface area contributed by atoms with Crippen LogP contribution in [0, 0.1) is 5.41 Å². The number of piperazine rings is 1. The fourth-order valence-corrected chi connectivity index (χ4v) is 4.90. The summed E-state index contributed by atoms with van der Waals surface area (Å²) in [6, 6.07) is 8.04. The fourth-order valence-electron chi connectivity index (χ4n) is 4.90. The van der Waals surface area contributed by atoms with Gasteiger partial charge in [0.15, 0.2) is 5.65 Å². The van der Waals surface area contributed by atoms with Crippen LogP contribution in [0.4, 0.5) is 5.82 Å². The number of pyridine rings is 2. The van der Waals surface area contributed by atoms with Crippen molar-refractivity contribution in [1.29, 1.82) is 0 Å². The van der Waals surface area contributed by atoms with Crippen LogP contribution in [0.15, 0.2) is 41.5 Å². The Kier molecular flexibility index (Phi) is 4.42. The first-order valence-corrected chi connectivity index (χ1v) is 10.8. The predicted molar refractivity (Wildman–Crippen MR) is 119 cm³/mol. The van der Waals surface area contributed by atoms with Gasteiger partial charge in [0.05, 0.1) is 23.2 Å². The Morgan fingerprint density at radius 3 is 2.61 bits per heavy atom. The molecule has 2 bridgehead atoms. The zero-order valence-corrected chi connectivity index (χ0v) is 18.4. The van der Waals surface area contributed by atoms with Crippen molar-refractivity contribution >= 4 is 22.9 Å². The number of nitrogens with zero attached hydrogens (tertiary/aromatic N) is 6. The second-order valence-electron chi connectivity index (χ2n) is 9.90. The SMILES string of the molecule is Cn1c(=O)n(CC(C)(C)C)c2ccc(N3C[C@H]4C[C@@H]3CN4C(=O)c3cccnc3)nc21. The Bertz CT molecular complexity index is 1210. The van der Waals surface area contributed by atoms with Gasteiger partial charge in [-0.3, -0.25) is 18.9 Å². The molecule has 162 valence electrons. The molecule has 0 aromatic carbocycles. The standard InChI is InChI=1S/C23H28N6O2/c1-23(2,3)14-29-18-7-8-19(25-20(18)26(4)22(29)31)27-12-17-10-16(27)13-28(17)21(30)15-6-5-9-24-11-15/h5-9,11,16-17H,10,12-14H2,1-4H3/t16-,17-/m1/s1. The number of imidazole rings is 1. The summed E-state index contributed by atoms with van der Waals surface area (Å²) in [5, 5.41) is 0. The third-order valence-corrected chi connectivity index (χ3v) is 6.30. The van der Waals surface area contributed by atoms with Crippen molar-refractivity contribution in [1.82, 2.24) is 24.0 Å². The quantitative estimate of drug-likeness (QED) is 0.650. The van der Waals surface area contributed by atoms with E-state index in [0.29, 0.717) is 24.3 Å². The van der Waals surface area contributed by atoms with Gasteiger partial charge in [0.1, 0.15) is 5.82 Å². The molecule has 2 atom stereocenters. The molecule has 0 N–H and O–H groups in total. The van der Waals surface area contributed by atoms with E-state index < -0.39 is 0 Å². The number of hydrogen-bond donors (Lipinski definition) is 0. The van der Waals surface area contributed by atoms with E-state index in [9.17, 15) is 9.59 Å². The molecule has 0 spiro atoms. The monoisotopic (exact) mass is 420 g/mol. The lowest BCUT2D eigenvalue weighted by atomic mass is 9.97. The molecule has 0 unspecified atom stereocenters. The molecule has 0 saturated carbocycles. The average molecular weight is 421 g/mol. The molecule has 5 heterocycles. The second-order valence-corrected chi connectivity index (χ2v) is 9.90. The molecule has 2 saturated heterocycles. The highest BCUT2D eigenvalue weighted by molar-refractivity contribution is 5.94. The minimum atomic E-state index is -0.0363. The summed E-state index contributed by atoms with van der Waals surface area (Å²) in [6.07, 6.45) is 4.25. The maximum atomic E-state index is 12.9. The van der Waals surface area contributed by atoms with E-state index in [1.54, 1.807) is 30.1 Å². The molecule has 8 nitrogen and oxygen atoms in total. The molecule has 0 radical (unpaired) electrons. The van der Waals surface area contributed by atoms with E-state index in [1.165, 1.54) is 0 Å². The Morgan fingerprint density at radius 1 is 1.16 bits per heavy atom. The van der Waals surface area contributed by atoms with E-state index in [-0.39, 0.29) is 29.1 Å². The van der Waals surface area contributed by atoms with Crippen molar-refractivity contribution in [2.45, 2.75) is 45.8 Å². The smallest absolute Gasteiger partial charge is 0.330 e. The number of anilines is 1. The van der Waals surface area contributed by atoms with Gasteiger partial charge in [0.25, 0.3) is 5.91 Å². The lowest BCUT2D eigenvalue weighted by Gasteiger charge is -2.35. The Morgan fingerprint density at radius 2 is 1.97 bits per heavy atom. The number of hydrogen-bond acceptors (Lipinski definition) is 5. The first-order chi connectivity index (χ1) is 14.7. The lowest BCUT2D eigenvalue weighted by Crippen LogP contribution is -2.49. The number of amides is 1. The molecule has 2 aliphatic heterocycles. The van der Waals surface area contributed by atoms with Gasteiger partial charge in [0.2, 0.25) is 0 Å². The van der Waals surface area contributed by atoms with Crippen molar-refractivity contribution < 1.29 is 4.79 Å². The van der Waals surface area contributed by atoms with Crippen LogP contribution in [0.25, 0.3) is 11.2 Å². The predicted octanol–water partition coefficient (Wildman–Crippen LogP) is 2.28. The highest BCUT2D eigenvalue weighted by Gasteiger charge is 2.46. The summed E-state index contributed by atoms with van der Waals surface area (Å²) in [5.74, 6) is 0.919. The normalized spacial score (nSPS) is 20.8. The van der Waals surface area contributed by atoms with Crippen LogP contribution in [0.2, 0.25) is 0 Å². The third kappa shape index (κ3) is 3.30. The van der Waals surface area contributed by atoms with Gasteiger partial charge in [0, 0.05) is 39.1 Å². The first kappa shape index (κ1) is 19.8. The van der Waals surface area contributed by atoms with Crippen molar-refractivity contribution in [2.75, 3.05) is 18.0 Å².